The van der Waals surface area contributed by atoms with E-state index in [1.165, 1.54) is 7.11 Å². The van der Waals surface area contributed by atoms with E-state index in [1.54, 1.807) is 0 Å². The van der Waals surface area contributed by atoms with Crippen molar-refractivity contribution >= 4 is 12.6 Å². The maximum absolute atomic E-state index is 9.32. The van der Waals surface area contributed by atoms with Gasteiger partial charge in [-0.15, -0.1) is 0 Å². The highest BCUT2D eigenvalue weighted by Gasteiger charge is 2.36. The molecule has 1 aliphatic heterocycles. The quantitative estimate of drug-likeness (QED) is 0.453. The summed E-state index contributed by atoms with van der Waals surface area (Å²) in [5.41, 5.74) is 0. The van der Waals surface area contributed by atoms with E-state index < -0.39 is 23.7 Å². The van der Waals surface area contributed by atoms with Gasteiger partial charge in [-0.2, -0.15) is 12.6 Å². The lowest BCUT2D eigenvalue weighted by atomic mass is 10.1. The van der Waals surface area contributed by atoms with E-state index in [4.69, 9.17) is 14.6 Å². The summed E-state index contributed by atoms with van der Waals surface area (Å²) in [7, 11) is 1.44. The van der Waals surface area contributed by atoms with Crippen LogP contribution in [-0.4, -0.2) is 47.7 Å². The Kier molecular flexibility index (Phi) is 3.15. The zero-order valence-electron chi connectivity index (χ0n) is 6.17. The minimum Gasteiger partial charge on any atom is -0.389 e. The molecule has 1 heterocycles. The van der Waals surface area contributed by atoms with Crippen LogP contribution < -0.4 is 0 Å². The SMILES string of the molecule is COC1OCC(O)C(S)C1O. The Morgan fingerprint density at radius 2 is 2.18 bits per heavy atom. The average molecular weight is 180 g/mol. The molecule has 0 radical (unpaired) electrons. The highest BCUT2D eigenvalue weighted by atomic mass is 32.1. The Hall–Kier alpha value is 0.190. The molecule has 0 spiro atoms. The van der Waals surface area contributed by atoms with Crippen molar-refractivity contribution in [1.29, 1.82) is 0 Å². The van der Waals surface area contributed by atoms with Gasteiger partial charge < -0.3 is 19.7 Å². The minimum absolute atomic E-state index is 0.156. The van der Waals surface area contributed by atoms with Gasteiger partial charge in [0.1, 0.15) is 6.10 Å². The van der Waals surface area contributed by atoms with Crippen molar-refractivity contribution in [2.45, 2.75) is 23.7 Å². The maximum Gasteiger partial charge on any atom is 0.184 e. The van der Waals surface area contributed by atoms with Gasteiger partial charge in [0, 0.05) is 7.11 Å². The van der Waals surface area contributed by atoms with Crippen LogP contribution in [-0.2, 0) is 9.47 Å². The van der Waals surface area contributed by atoms with Gasteiger partial charge in [0.2, 0.25) is 0 Å². The highest BCUT2D eigenvalue weighted by Crippen LogP contribution is 2.19. The molecule has 1 aliphatic rings. The molecule has 0 saturated carbocycles. The Morgan fingerprint density at radius 1 is 1.55 bits per heavy atom. The van der Waals surface area contributed by atoms with Crippen molar-refractivity contribution < 1.29 is 19.7 Å². The van der Waals surface area contributed by atoms with E-state index in [0.29, 0.717) is 0 Å². The molecule has 1 rings (SSSR count). The first kappa shape index (κ1) is 9.28. The molecular formula is C6H12O4S. The lowest BCUT2D eigenvalue weighted by Crippen LogP contribution is -2.50. The second kappa shape index (κ2) is 3.73. The first-order valence-corrected chi connectivity index (χ1v) is 3.87. The summed E-state index contributed by atoms with van der Waals surface area (Å²) in [5, 5.41) is 18.0. The van der Waals surface area contributed by atoms with Crippen LogP contribution in [0, 0.1) is 0 Å². The predicted molar refractivity (Wildman–Crippen MR) is 41.5 cm³/mol. The molecule has 0 aromatic rings. The van der Waals surface area contributed by atoms with Gasteiger partial charge in [-0.05, 0) is 0 Å². The fourth-order valence-corrected chi connectivity index (χ4v) is 1.21. The fourth-order valence-electron chi connectivity index (χ4n) is 0.987. The van der Waals surface area contributed by atoms with E-state index in [1.807, 2.05) is 0 Å². The fraction of sp³-hybridized carbons (Fsp3) is 1.00. The third kappa shape index (κ3) is 1.86. The largest absolute Gasteiger partial charge is 0.389 e. The Morgan fingerprint density at radius 3 is 2.73 bits per heavy atom. The number of methoxy groups -OCH3 is 1. The lowest BCUT2D eigenvalue weighted by molar-refractivity contribution is -0.221. The highest BCUT2D eigenvalue weighted by molar-refractivity contribution is 7.81. The molecule has 4 unspecified atom stereocenters. The number of hydrogen-bond acceptors (Lipinski definition) is 5. The zero-order chi connectivity index (χ0) is 8.43. The molecule has 4 nitrogen and oxygen atoms in total. The molecule has 2 N–H and O–H groups in total. The van der Waals surface area contributed by atoms with Crippen LogP contribution in [0.1, 0.15) is 0 Å². The van der Waals surface area contributed by atoms with Crippen LogP contribution in [0.2, 0.25) is 0 Å². The Balaban J connectivity index is 2.52. The minimum atomic E-state index is -0.868. The number of thiol groups is 1. The molecule has 5 heteroatoms. The second-order valence-electron chi connectivity index (χ2n) is 2.49. The smallest absolute Gasteiger partial charge is 0.184 e. The molecule has 1 saturated heterocycles. The van der Waals surface area contributed by atoms with E-state index in [9.17, 15) is 5.11 Å². The molecule has 11 heavy (non-hydrogen) atoms. The van der Waals surface area contributed by atoms with Crippen molar-refractivity contribution in [3.05, 3.63) is 0 Å². The van der Waals surface area contributed by atoms with Crippen LogP contribution in [0.4, 0.5) is 0 Å². The summed E-state index contributed by atoms with van der Waals surface area (Å²) >= 11 is 4.00. The molecule has 0 bridgehead atoms. The first-order chi connectivity index (χ1) is 5.16. The Bertz CT molecular complexity index is 130. The van der Waals surface area contributed by atoms with Gasteiger partial charge in [-0.1, -0.05) is 0 Å². The third-order valence-electron chi connectivity index (χ3n) is 1.69. The summed E-state index contributed by atoms with van der Waals surface area (Å²) in [5.74, 6) is 0. The van der Waals surface area contributed by atoms with Gasteiger partial charge in [0.05, 0.1) is 18.0 Å². The molecule has 1 fully saturated rings. The zero-order valence-corrected chi connectivity index (χ0v) is 7.07. The van der Waals surface area contributed by atoms with Gasteiger partial charge in [0.15, 0.2) is 6.29 Å². The van der Waals surface area contributed by atoms with E-state index in [0.717, 1.165) is 0 Å². The molecule has 0 aromatic carbocycles. The summed E-state index contributed by atoms with van der Waals surface area (Å²) in [6.07, 6.45) is -2.26. The van der Waals surface area contributed by atoms with Crippen LogP contribution in [0.15, 0.2) is 0 Å². The van der Waals surface area contributed by atoms with Crippen molar-refractivity contribution in [2.24, 2.45) is 0 Å². The summed E-state index contributed by atoms with van der Waals surface area (Å²) in [4.78, 5) is 0. The van der Waals surface area contributed by atoms with E-state index in [2.05, 4.69) is 12.6 Å². The van der Waals surface area contributed by atoms with Crippen molar-refractivity contribution in [3.63, 3.8) is 0 Å². The van der Waals surface area contributed by atoms with Crippen LogP contribution in [0.25, 0.3) is 0 Å². The Labute approximate surface area is 70.5 Å². The molecular weight excluding hydrogens is 168 g/mol. The number of ether oxygens (including phenoxy) is 2. The topological polar surface area (TPSA) is 58.9 Å². The molecule has 66 valence electrons. The summed E-state index contributed by atoms with van der Waals surface area (Å²) in [6.45, 7) is 0.156. The third-order valence-corrected chi connectivity index (χ3v) is 2.34. The predicted octanol–water partition coefficient (Wildman–Crippen LogP) is -0.991. The van der Waals surface area contributed by atoms with Gasteiger partial charge >= 0.3 is 0 Å². The standard InChI is InChI=1S/C6H12O4S/c1-9-6-4(8)5(11)3(7)2-10-6/h3-8,11H,2H2,1H3. The summed E-state index contributed by atoms with van der Waals surface area (Å²) in [6, 6.07) is 0. The van der Waals surface area contributed by atoms with E-state index >= 15 is 0 Å². The van der Waals surface area contributed by atoms with Gasteiger partial charge in [-0.25, -0.2) is 0 Å². The molecule has 4 atom stereocenters. The van der Waals surface area contributed by atoms with Crippen LogP contribution in [0.5, 0.6) is 0 Å². The van der Waals surface area contributed by atoms with Crippen molar-refractivity contribution in [1.82, 2.24) is 0 Å². The molecule has 0 aromatic heterocycles. The van der Waals surface area contributed by atoms with E-state index in [-0.39, 0.29) is 6.61 Å². The molecule has 0 amide bonds. The van der Waals surface area contributed by atoms with Gasteiger partial charge in [0.25, 0.3) is 0 Å². The number of aliphatic hydroxyl groups excluding tert-OH is 2. The van der Waals surface area contributed by atoms with Crippen LogP contribution >= 0.6 is 12.6 Å². The summed E-state index contributed by atoms with van der Waals surface area (Å²) < 4.78 is 9.74. The normalized spacial score (nSPS) is 45.8. The number of hydrogen-bond donors (Lipinski definition) is 3. The first-order valence-electron chi connectivity index (χ1n) is 3.35. The number of aliphatic hydroxyl groups is 2. The molecule has 0 aliphatic carbocycles. The number of rotatable bonds is 1. The van der Waals surface area contributed by atoms with Gasteiger partial charge in [-0.3, -0.25) is 0 Å². The lowest BCUT2D eigenvalue weighted by Gasteiger charge is -2.34. The maximum atomic E-state index is 9.32. The van der Waals surface area contributed by atoms with Crippen molar-refractivity contribution in [2.75, 3.05) is 13.7 Å². The average Bonchev–Trinajstić information content (AvgIpc) is 2.01. The van der Waals surface area contributed by atoms with Crippen molar-refractivity contribution in [3.8, 4) is 0 Å². The monoisotopic (exact) mass is 180 g/mol. The second-order valence-corrected chi connectivity index (χ2v) is 3.08. The van der Waals surface area contributed by atoms with Crippen LogP contribution in [0.3, 0.4) is 0 Å².